The minimum Gasteiger partial charge on any atom is -0.395 e. The maximum atomic E-state index is 14.3. The first-order valence-corrected chi connectivity index (χ1v) is 15.2. The van der Waals surface area contributed by atoms with Crippen LogP contribution in [0.5, 0.6) is 11.5 Å². The number of ether oxygens (including phenoxy) is 3. The number of para-hydroxylation sites is 2. The Kier molecular flexibility index (Phi) is 10.2. The average molecular weight is 575 g/mol. The molecule has 0 aromatic heterocycles. The molecule has 0 heterocycles. The predicted molar refractivity (Wildman–Crippen MR) is 157 cm³/mol. The van der Waals surface area contributed by atoms with Gasteiger partial charge in [-0.25, -0.2) is 4.57 Å². The Morgan fingerprint density at radius 3 is 1.54 bits per heavy atom. The van der Waals surface area contributed by atoms with Crippen LogP contribution in [0.25, 0.3) is 0 Å². The molecule has 1 saturated carbocycles. The highest BCUT2D eigenvalue weighted by molar-refractivity contribution is 7.49. The maximum absolute atomic E-state index is 14.3. The van der Waals surface area contributed by atoms with Crippen molar-refractivity contribution in [3.05, 3.63) is 132 Å². The van der Waals surface area contributed by atoms with E-state index in [1.807, 2.05) is 72.8 Å². The molecule has 0 N–H and O–H groups in total. The van der Waals surface area contributed by atoms with Gasteiger partial charge in [0.1, 0.15) is 17.6 Å². The largest absolute Gasteiger partial charge is 0.588 e. The van der Waals surface area contributed by atoms with Crippen LogP contribution in [0, 0.1) is 0 Å². The number of phosphoric acid groups is 1. The van der Waals surface area contributed by atoms with Crippen molar-refractivity contribution in [1.29, 1.82) is 0 Å². The molecule has 4 atom stereocenters. The van der Waals surface area contributed by atoms with Gasteiger partial charge in [0.15, 0.2) is 0 Å². The first-order chi connectivity index (χ1) is 20.1. The van der Waals surface area contributed by atoms with Gasteiger partial charge in [0.05, 0.1) is 31.5 Å². The van der Waals surface area contributed by atoms with E-state index in [0.29, 0.717) is 37.6 Å². The standard InChI is InChI=1S/C33H35O7P/c1-35-31-22-30(36-24-26-14-6-2-7-15-26)23-32(37-25-27-16-8-3-9-17-27)33(31)40-41(34,38-28-18-10-4-11-19-28)39-29-20-12-5-13-21-29/h2-21,30-33H,22-25H2,1H3/t30-,31+,32+,33-/m0/s1. The van der Waals surface area contributed by atoms with E-state index < -0.39 is 26.1 Å². The van der Waals surface area contributed by atoms with Gasteiger partial charge in [-0.3, -0.25) is 4.52 Å². The zero-order valence-electron chi connectivity index (χ0n) is 23.0. The van der Waals surface area contributed by atoms with E-state index >= 15 is 0 Å². The second kappa shape index (κ2) is 14.4. The lowest BCUT2D eigenvalue weighted by atomic mass is 9.89. The van der Waals surface area contributed by atoms with Crippen LogP contribution in [0.1, 0.15) is 24.0 Å². The first-order valence-electron chi connectivity index (χ1n) is 13.7. The Labute approximate surface area is 241 Å². The summed E-state index contributed by atoms with van der Waals surface area (Å²) >= 11 is 0. The summed E-state index contributed by atoms with van der Waals surface area (Å²) in [5.74, 6) is 0.727. The van der Waals surface area contributed by atoms with Gasteiger partial charge < -0.3 is 23.3 Å². The highest BCUT2D eigenvalue weighted by Gasteiger charge is 2.46. The second-order valence-corrected chi connectivity index (χ2v) is 11.3. The molecule has 1 aliphatic carbocycles. The summed E-state index contributed by atoms with van der Waals surface area (Å²) in [6, 6.07) is 37.6. The summed E-state index contributed by atoms with van der Waals surface area (Å²) in [4.78, 5) is 0. The average Bonchev–Trinajstić information content (AvgIpc) is 3.01. The van der Waals surface area contributed by atoms with Crippen molar-refractivity contribution in [3.63, 3.8) is 0 Å². The Balaban J connectivity index is 1.39. The van der Waals surface area contributed by atoms with Crippen molar-refractivity contribution in [1.82, 2.24) is 0 Å². The third-order valence-corrected chi connectivity index (χ3v) is 8.20. The lowest BCUT2D eigenvalue weighted by Crippen LogP contribution is -2.50. The number of methoxy groups -OCH3 is 1. The summed E-state index contributed by atoms with van der Waals surface area (Å²) in [5.41, 5.74) is 2.09. The minimum absolute atomic E-state index is 0.162. The van der Waals surface area contributed by atoms with Crippen molar-refractivity contribution < 1.29 is 32.3 Å². The van der Waals surface area contributed by atoms with Crippen LogP contribution in [0.2, 0.25) is 0 Å². The molecule has 4 aromatic carbocycles. The predicted octanol–water partition coefficient (Wildman–Crippen LogP) is 7.62. The van der Waals surface area contributed by atoms with E-state index in [1.54, 1.807) is 55.6 Å². The maximum Gasteiger partial charge on any atom is 0.588 e. The Morgan fingerprint density at radius 1 is 0.610 bits per heavy atom. The van der Waals surface area contributed by atoms with Crippen molar-refractivity contribution >= 4 is 7.82 Å². The molecular weight excluding hydrogens is 539 g/mol. The van der Waals surface area contributed by atoms with Crippen molar-refractivity contribution in [2.75, 3.05) is 7.11 Å². The Hall–Kier alpha value is -3.45. The van der Waals surface area contributed by atoms with Crippen LogP contribution in [-0.4, -0.2) is 31.5 Å². The van der Waals surface area contributed by atoms with Gasteiger partial charge in [-0.15, -0.1) is 0 Å². The van der Waals surface area contributed by atoms with Gasteiger partial charge in [0.25, 0.3) is 0 Å². The normalized spacial score (nSPS) is 20.8. The highest BCUT2D eigenvalue weighted by Crippen LogP contribution is 2.52. The van der Waals surface area contributed by atoms with Gasteiger partial charge in [-0.1, -0.05) is 97.1 Å². The zero-order valence-corrected chi connectivity index (χ0v) is 23.9. The smallest absolute Gasteiger partial charge is 0.395 e. The molecule has 0 radical (unpaired) electrons. The Morgan fingerprint density at radius 2 is 1.05 bits per heavy atom. The van der Waals surface area contributed by atoms with Crippen LogP contribution in [0.15, 0.2) is 121 Å². The highest BCUT2D eigenvalue weighted by atomic mass is 31.2. The van der Waals surface area contributed by atoms with Crippen molar-refractivity contribution in [3.8, 4) is 11.5 Å². The van der Waals surface area contributed by atoms with Gasteiger partial charge in [0.2, 0.25) is 0 Å². The molecular formula is C33H35O7P. The summed E-state index contributed by atoms with van der Waals surface area (Å²) in [6.45, 7) is 0.808. The molecule has 8 heteroatoms. The number of phosphoric ester groups is 1. The van der Waals surface area contributed by atoms with Crippen LogP contribution < -0.4 is 9.05 Å². The molecule has 1 aliphatic rings. The molecule has 5 rings (SSSR count). The van der Waals surface area contributed by atoms with E-state index in [0.717, 1.165) is 11.1 Å². The third-order valence-electron chi connectivity index (χ3n) is 6.83. The third kappa shape index (κ3) is 8.52. The fraction of sp³-hybridized carbons (Fsp3) is 0.273. The molecule has 4 aromatic rings. The number of hydrogen-bond donors (Lipinski definition) is 0. The van der Waals surface area contributed by atoms with E-state index in [9.17, 15) is 4.57 Å². The van der Waals surface area contributed by atoms with Crippen LogP contribution in [-0.2, 0) is 36.5 Å². The lowest BCUT2D eigenvalue weighted by Gasteiger charge is -2.41. The molecule has 7 nitrogen and oxygen atoms in total. The SMILES string of the molecule is CO[C@@H]1C[C@H](OCc2ccccc2)C[C@@H](OCc2ccccc2)[C@H]1OP(=O)(Oc1ccccc1)Oc1ccccc1. The molecule has 0 spiro atoms. The van der Waals surface area contributed by atoms with Crippen LogP contribution in [0.3, 0.4) is 0 Å². The molecule has 214 valence electrons. The second-order valence-electron chi connectivity index (χ2n) is 9.83. The van der Waals surface area contributed by atoms with E-state index in [1.165, 1.54) is 0 Å². The van der Waals surface area contributed by atoms with Crippen LogP contribution in [0.4, 0.5) is 0 Å². The molecule has 1 fully saturated rings. The fourth-order valence-electron chi connectivity index (χ4n) is 4.78. The Bertz CT molecular complexity index is 1310. The zero-order chi connectivity index (χ0) is 28.3. The molecule has 0 unspecified atom stereocenters. The van der Waals surface area contributed by atoms with Gasteiger partial charge in [-0.2, -0.15) is 0 Å². The number of hydrogen-bond acceptors (Lipinski definition) is 7. The molecule has 0 saturated heterocycles. The van der Waals surface area contributed by atoms with Crippen molar-refractivity contribution in [2.24, 2.45) is 0 Å². The lowest BCUT2D eigenvalue weighted by molar-refractivity contribution is -0.159. The van der Waals surface area contributed by atoms with Gasteiger partial charge in [0, 0.05) is 20.0 Å². The molecule has 0 bridgehead atoms. The van der Waals surface area contributed by atoms with E-state index in [-0.39, 0.29) is 6.10 Å². The molecule has 0 amide bonds. The molecule has 0 aliphatic heterocycles. The van der Waals surface area contributed by atoms with Crippen molar-refractivity contribution in [2.45, 2.75) is 50.5 Å². The molecule has 41 heavy (non-hydrogen) atoms. The number of benzene rings is 4. The summed E-state index contributed by atoms with van der Waals surface area (Å²) in [5, 5.41) is 0. The van der Waals surface area contributed by atoms with E-state index in [4.69, 9.17) is 27.8 Å². The van der Waals surface area contributed by atoms with E-state index in [2.05, 4.69) is 0 Å². The van der Waals surface area contributed by atoms with Gasteiger partial charge in [-0.05, 0) is 35.4 Å². The quantitative estimate of drug-likeness (QED) is 0.152. The minimum atomic E-state index is -4.20. The topological polar surface area (TPSA) is 72.5 Å². The summed E-state index contributed by atoms with van der Waals surface area (Å²) in [6.07, 6.45) is -0.876. The summed E-state index contributed by atoms with van der Waals surface area (Å²) in [7, 11) is -2.59. The van der Waals surface area contributed by atoms with Gasteiger partial charge >= 0.3 is 7.82 Å². The monoisotopic (exact) mass is 574 g/mol. The number of rotatable bonds is 13. The van der Waals surface area contributed by atoms with Crippen LogP contribution >= 0.6 is 7.82 Å². The first kappa shape index (κ1) is 29.1. The summed E-state index contributed by atoms with van der Waals surface area (Å²) < 4.78 is 51.0. The fourth-order valence-corrected chi connectivity index (χ4v) is 6.24.